The zero-order valence-electron chi connectivity index (χ0n) is 8.78. The quantitative estimate of drug-likeness (QED) is 0.785. The fourth-order valence-electron chi connectivity index (χ4n) is 1.05. The molecule has 2 N–H and O–H groups in total. The van der Waals surface area contributed by atoms with Gasteiger partial charge in [0.2, 0.25) is 5.76 Å². The lowest BCUT2D eigenvalue weighted by Crippen LogP contribution is -2.27. The summed E-state index contributed by atoms with van der Waals surface area (Å²) in [6.07, 6.45) is 0. The number of sulfone groups is 1. The number of carboxylic acid groups (broad SMARTS) is 2. The van der Waals surface area contributed by atoms with E-state index in [9.17, 15) is 18.0 Å². The van der Waals surface area contributed by atoms with Crippen molar-refractivity contribution >= 4 is 21.8 Å². The predicted molar refractivity (Wildman–Crippen MR) is 55.4 cm³/mol. The molecule has 0 aliphatic heterocycles. The van der Waals surface area contributed by atoms with E-state index in [0.717, 1.165) is 13.0 Å². The summed E-state index contributed by atoms with van der Waals surface area (Å²) >= 11 is 0. The Bertz CT molecular complexity index is 539. The molecule has 94 valence electrons. The Labute approximate surface area is 96.6 Å². The van der Waals surface area contributed by atoms with Gasteiger partial charge in [-0.3, -0.25) is 4.79 Å². The summed E-state index contributed by atoms with van der Waals surface area (Å²) < 4.78 is 27.8. The van der Waals surface area contributed by atoms with E-state index in [4.69, 9.17) is 14.6 Å². The molecule has 0 saturated carbocycles. The average Bonchev–Trinajstić information content (AvgIpc) is 2.64. The van der Waals surface area contributed by atoms with E-state index < -0.39 is 38.5 Å². The summed E-state index contributed by atoms with van der Waals surface area (Å²) in [6, 6.07) is 2.30. The topological polar surface area (TPSA) is 122 Å². The van der Waals surface area contributed by atoms with Crippen LogP contribution in [0.15, 0.2) is 16.5 Å². The molecule has 1 atom stereocenters. The van der Waals surface area contributed by atoms with Crippen molar-refractivity contribution < 1.29 is 32.6 Å². The van der Waals surface area contributed by atoms with Crippen LogP contribution in [0.5, 0.6) is 0 Å². The highest BCUT2D eigenvalue weighted by Crippen LogP contribution is 2.14. The number of hydrogen-bond donors (Lipinski definition) is 2. The second-order valence-electron chi connectivity index (χ2n) is 3.36. The predicted octanol–water partition coefficient (Wildman–Crippen LogP) is 0.366. The van der Waals surface area contributed by atoms with Gasteiger partial charge in [-0.15, -0.1) is 0 Å². The second kappa shape index (κ2) is 4.58. The number of carboxylic acids is 2. The maximum absolute atomic E-state index is 11.5. The summed E-state index contributed by atoms with van der Waals surface area (Å²) in [5, 5.41) is 15.6. The van der Waals surface area contributed by atoms with E-state index in [1.807, 2.05) is 0 Å². The Morgan fingerprint density at radius 2 is 1.94 bits per heavy atom. The molecule has 7 nitrogen and oxygen atoms in total. The Morgan fingerprint density at radius 1 is 1.35 bits per heavy atom. The first-order chi connectivity index (χ1) is 7.74. The summed E-state index contributed by atoms with van der Waals surface area (Å²) in [4.78, 5) is 21.0. The molecule has 0 radical (unpaired) electrons. The Morgan fingerprint density at radius 3 is 2.35 bits per heavy atom. The minimum absolute atomic E-state index is 0.101. The first-order valence-electron chi connectivity index (χ1n) is 4.50. The van der Waals surface area contributed by atoms with Crippen LogP contribution in [0, 0.1) is 0 Å². The maximum atomic E-state index is 11.5. The maximum Gasteiger partial charge on any atom is 0.371 e. The molecule has 0 spiro atoms. The molecular formula is C9H10O7S. The lowest BCUT2D eigenvalue weighted by atomic mass is 10.4. The highest BCUT2D eigenvalue weighted by atomic mass is 32.2. The van der Waals surface area contributed by atoms with Gasteiger partial charge in [0, 0.05) is 0 Å². The smallest absolute Gasteiger partial charge is 0.371 e. The molecule has 0 aliphatic carbocycles. The summed E-state index contributed by atoms with van der Waals surface area (Å²) in [5.74, 6) is -3.92. The van der Waals surface area contributed by atoms with Crippen molar-refractivity contribution in [1.29, 1.82) is 0 Å². The molecule has 17 heavy (non-hydrogen) atoms. The van der Waals surface area contributed by atoms with Crippen LogP contribution in [0.25, 0.3) is 0 Å². The lowest BCUT2D eigenvalue weighted by molar-refractivity contribution is -0.136. The molecule has 8 heteroatoms. The van der Waals surface area contributed by atoms with E-state index in [0.29, 0.717) is 0 Å². The monoisotopic (exact) mass is 262 g/mol. The van der Waals surface area contributed by atoms with E-state index in [2.05, 4.69) is 0 Å². The number of hydrogen-bond acceptors (Lipinski definition) is 5. The van der Waals surface area contributed by atoms with Gasteiger partial charge in [0.05, 0.1) is 0 Å². The molecule has 0 amide bonds. The van der Waals surface area contributed by atoms with E-state index in [1.165, 1.54) is 6.07 Å². The Kier molecular flexibility index (Phi) is 3.56. The van der Waals surface area contributed by atoms with Gasteiger partial charge in [-0.2, -0.15) is 0 Å². The van der Waals surface area contributed by atoms with Crippen LogP contribution >= 0.6 is 0 Å². The zero-order valence-corrected chi connectivity index (χ0v) is 9.60. The first-order valence-corrected chi connectivity index (χ1v) is 6.22. The van der Waals surface area contributed by atoms with Crippen molar-refractivity contribution in [3.8, 4) is 0 Å². The van der Waals surface area contributed by atoms with Crippen molar-refractivity contribution in [1.82, 2.24) is 0 Å². The number of aromatic carboxylic acids is 1. The van der Waals surface area contributed by atoms with Crippen LogP contribution in [0.4, 0.5) is 0 Å². The van der Waals surface area contributed by atoms with Crippen molar-refractivity contribution in [2.24, 2.45) is 0 Å². The third-order valence-corrected chi connectivity index (χ3v) is 4.07. The molecule has 1 heterocycles. The standard InChI is InChI=1S/C9H10O7S/c1-5(8(10)11)17(14,15)4-6-2-3-7(16-6)9(12)13/h2-3,5H,4H2,1H3,(H,10,11)(H,12,13). The number of furan rings is 1. The van der Waals surface area contributed by atoms with Crippen LogP contribution in [0.1, 0.15) is 23.2 Å². The Balaban J connectivity index is 2.90. The second-order valence-corrected chi connectivity index (χ2v) is 5.68. The molecule has 1 rings (SSSR count). The molecule has 0 saturated heterocycles. The zero-order chi connectivity index (χ0) is 13.2. The van der Waals surface area contributed by atoms with Crippen molar-refractivity contribution in [3.05, 3.63) is 23.7 Å². The molecule has 0 aromatic carbocycles. The lowest BCUT2D eigenvalue weighted by Gasteiger charge is -2.06. The van der Waals surface area contributed by atoms with Gasteiger partial charge in [0.1, 0.15) is 11.5 Å². The highest BCUT2D eigenvalue weighted by molar-refractivity contribution is 7.91. The van der Waals surface area contributed by atoms with Gasteiger partial charge < -0.3 is 14.6 Å². The third kappa shape index (κ3) is 3.06. The molecule has 1 aromatic heterocycles. The van der Waals surface area contributed by atoms with E-state index in [1.54, 1.807) is 0 Å². The fourth-order valence-corrected chi connectivity index (χ4v) is 2.16. The summed E-state index contributed by atoms with van der Waals surface area (Å²) in [7, 11) is -3.91. The first kappa shape index (κ1) is 13.2. The molecule has 0 fully saturated rings. The number of aliphatic carboxylic acids is 1. The minimum atomic E-state index is -3.91. The summed E-state index contributed by atoms with van der Waals surface area (Å²) in [5.41, 5.74) is 0. The molecule has 0 bridgehead atoms. The van der Waals surface area contributed by atoms with Gasteiger partial charge in [-0.25, -0.2) is 13.2 Å². The van der Waals surface area contributed by atoms with Gasteiger partial charge in [0.25, 0.3) is 0 Å². The van der Waals surface area contributed by atoms with Crippen LogP contribution < -0.4 is 0 Å². The van der Waals surface area contributed by atoms with Gasteiger partial charge in [0.15, 0.2) is 15.1 Å². The minimum Gasteiger partial charge on any atom is -0.480 e. The van der Waals surface area contributed by atoms with Gasteiger partial charge in [-0.05, 0) is 19.1 Å². The van der Waals surface area contributed by atoms with E-state index in [-0.39, 0.29) is 5.76 Å². The molecule has 0 aliphatic rings. The van der Waals surface area contributed by atoms with Crippen LogP contribution in [0.3, 0.4) is 0 Å². The third-order valence-electron chi connectivity index (χ3n) is 2.10. The molecule has 1 unspecified atom stereocenters. The van der Waals surface area contributed by atoms with Crippen LogP contribution in [0.2, 0.25) is 0 Å². The SMILES string of the molecule is CC(C(=O)O)S(=O)(=O)Cc1ccc(C(=O)O)o1. The molecule has 1 aromatic rings. The van der Waals surface area contributed by atoms with Crippen molar-refractivity contribution in [2.75, 3.05) is 0 Å². The average molecular weight is 262 g/mol. The summed E-state index contributed by atoms with van der Waals surface area (Å²) in [6.45, 7) is 1.04. The van der Waals surface area contributed by atoms with E-state index >= 15 is 0 Å². The normalized spacial score (nSPS) is 13.2. The largest absolute Gasteiger partial charge is 0.480 e. The highest BCUT2D eigenvalue weighted by Gasteiger charge is 2.29. The van der Waals surface area contributed by atoms with Crippen molar-refractivity contribution in [3.63, 3.8) is 0 Å². The van der Waals surface area contributed by atoms with Gasteiger partial charge in [-0.1, -0.05) is 0 Å². The number of rotatable bonds is 5. The van der Waals surface area contributed by atoms with Crippen LogP contribution in [-0.4, -0.2) is 35.8 Å². The van der Waals surface area contributed by atoms with Crippen LogP contribution in [-0.2, 0) is 20.4 Å². The van der Waals surface area contributed by atoms with Gasteiger partial charge >= 0.3 is 11.9 Å². The Hall–Kier alpha value is -1.83. The number of carbonyl (C=O) groups is 2. The molecular weight excluding hydrogens is 252 g/mol. The fraction of sp³-hybridized carbons (Fsp3) is 0.333. The van der Waals surface area contributed by atoms with Crippen molar-refractivity contribution in [2.45, 2.75) is 17.9 Å².